The van der Waals surface area contributed by atoms with Crippen molar-refractivity contribution in [3.05, 3.63) is 0 Å². The van der Waals surface area contributed by atoms with Gasteiger partial charge < -0.3 is 5.32 Å². The Balaban J connectivity index is 2.41. The molecular weight excluding hydrogens is 236 g/mol. The summed E-state index contributed by atoms with van der Waals surface area (Å²) in [5.41, 5.74) is 0.0684. The zero-order valence-electron chi connectivity index (χ0n) is 11.1. The molecule has 0 saturated carbocycles. The molecule has 0 radical (unpaired) electrons. The molecule has 0 aromatic heterocycles. The summed E-state index contributed by atoms with van der Waals surface area (Å²) in [6.45, 7) is 9.70. The largest absolute Gasteiger partial charge is 0.312 e. The van der Waals surface area contributed by atoms with Crippen molar-refractivity contribution in [3.63, 3.8) is 0 Å². The first-order valence-corrected chi connectivity index (χ1v) is 7.00. The lowest BCUT2D eigenvalue weighted by molar-refractivity contribution is -0.128. The molecule has 1 saturated heterocycles. The van der Waals surface area contributed by atoms with E-state index in [-0.39, 0.29) is 22.6 Å². The van der Waals surface area contributed by atoms with Gasteiger partial charge in [0.05, 0.1) is 0 Å². The van der Waals surface area contributed by atoms with Crippen LogP contribution in [0.1, 0.15) is 34.1 Å². The molecule has 2 amide bonds. The van der Waals surface area contributed by atoms with Gasteiger partial charge in [0.1, 0.15) is 0 Å². The molecule has 98 valence electrons. The number of carbonyl (C=O) groups is 2. The van der Waals surface area contributed by atoms with Crippen LogP contribution >= 0.6 is 11.8 Å². The van der Waals surface area contributed by atoms with Gasteiger partial charge in [0.2, 0.25) is 5.91 Å². The van der Waals surface area contributed by atoms with Crippen molar-refractivity contribution in [2.24, 2.45) is 5.92 Å². The fourth-order valence-electron chi connectivity index (χ4n) is 1.57. The second-order valence-electron chi connectivity index (χ2n) is 5.60. The maximum Gasteiger partial charge on any atom is 0.288 e. The van der Waals surface area contributed by atoms with Gasteiger partial charge in [-0.2, -0.15) is 0 Å². The summed E-state index contributed by atoms with van der Waals surface area (Å²) in [7, 11) is 0. The van der Waals surface area contributed by atoms with Crippen molar-refractivity contribution in [3.8, 4) is 0 Å². The van der Waals surface area contributed by atoms with Gasteiger partial charge in [-0.15, -0.1) is 0 Å². The van der Waals surface area contributed by atoms with Gasteiger partial charge in [-0.05, 0) is 33.2 Å². The molecule has 4 nitrogen and oxygen atoms in total. The lowest BCUT2D eigenvalue weighted by atomic mass is 10.1. The highest BCUT2D eigenvalue weighted by molar-refractivity contribution is 8.13. The van der Waals surface area contributed by atoms with Crippen LogP contribution in [0.3, 0.4) is 0 Å². The average Bonchev–Trinajstić information content (AvgIpc) is 2.20. The summed E-state index contributed by atoms with van der Waals surface area (Å²) >= 11 is 1.24. The first kappa shape index (κ1) is 14.5. The Morgan fingerprint density at radius 1 is 1.41 bits per heavy atom. The van der Waals surface area contributed by atoms with Crippen LogP contribution in [0, 0.1) is 5.92 Å². The first-order valence-electron chi connectivity index (χ1n) is 6.02. The Morgan fingerprint density at radius 2 is 2.06 bits per heavy atom. The monoisotopic (exact) mass is 258 g/mol. The van der Waals surface area contributed by atoms with Gasteiger partial charge in [0.15, 0.2) is 0 Å². The standard InChI is InChI=1S/C12H22N2O2S/c1-9(7-13-12(2,3)4)8-14-10(15)5-6-17-11(14)16/h9,13H,5-8H2,1-4H3. The van der Waals surface area contributed by atoms with E-state index in [1.165, 1.54) is 16.7 Å². The number of imide groups is 1. The second-order valence-corrected chi connectivity index (χ2v) is 6.65. The molecule has 1 rings (SSSR count). The zero-order valence-corrected chi connectivity index (χ0v) is 11.9. The lowest BCUT2D eigenvalue weighted by Gasteiger charge is -2.29. The number of nitrogens with one attached hydrogen (secondary N) is 1. The Kier molecular flexibility index (Phi) is 5.01. The number of hydrogen-bond donors (Lipinski definition) is 1. The van der Waals surface area contributed by atoms with Crippen LogP contribution in [0.2, 0.25) is 0 Å². The summed E-state index contributed by atoms with van der Waals surface area (Å²) in [6.07, 6.45) is 0.482. The predicted molar refractivity (Wildman–Crippen MR) is 71.1 cm³/mol. The molecule has 17 heavy (non-hydrogen) atoms. The van der Waals surface area contributed by atoms with Gasteiger partial charge in [0, 0.05) is 24.3 Å². The summed E-state index contributed by atoms with van der Waals surface area (Å²) in [5.74, 6) is 0.875. The van der Waals surface area contributed by atoms with Crippen molar-refractivity contribution >= 4 is 22.9 Å². The third kappa shape index (κ3) is 5.08. The van der Waals surface area contributed by atoms with E-state index in [0.717, 1.165) is 6.54 Å². The van der Waals surface area contributed by atoms with E-state index in [9.17, 15) is 9.59 Å². The summed E-state index contributed by atoms with van der Waals surface area (Å²) in [6, 6.07) is 0. The van der Waals surface area contributed by atoms with E-state index in [1.807, 2.05) is 0 Å². The number of rotatable bonds is 4. The minimum Gasteiger partial charge on any atom is -0.312 e. The van der Waals surface area contributed by atoms with Crippen molar-refractivity contribution in [2.75, 3.05) is 18.8 Å². The van der Waals surface area contributed by atoms with Crippen LogP contribution in [0.15, 0.2) is 0 Å². The van der Waals surface area contributed by atoms with Gasteiger partial charge in [-0.3, -0.25) is 14.5 Å². The number of hydrogen-bond acceptors (Lipinski definition) is 4. The van der Waals surface area contributed by atoms with E-state index in [4.69, 9.17) is 0 Å². The van der Waals surface area contributed by atoms with Crippen LogP contribution in [-0.2, 0) is 4.79 Å². The molecule has 0 bridgehead atoms. The Hall–Kier alpha value is -0.550. The fourth-order valence-corrected chi connectivity index (χ4v) is 2.36. The van der Waals surface area contributed by atoms with Gasteiger partial charge in [0.25, 0.3) is 5.24 Å². The Labute approximate surface area is 108 Å². The van der Waals surface area contributed by atoms with Crippen molar-refractivity contribution in [1.82, 2.24) is 10.2 Å². The SMILES string of the molecule is CC(CNC(C)(C)C)CN1C(=O)CCSC1=O. The number of thioether (sulfide) groups is 1. The minimum absolute atomic E-state index is 0.0311. The van der Waals surface area contributed by atoms with Crippen LogP contribution in [-0.4, -0.2) is 40.4 Å². The molecule has 1 fully saturated rings. The smallest absolute Gasteiger partial charge is 0.288 e. The van der Waals surface area contributed by atoms with Crippen LogP contribution in [0.25, 0.3) is 0 Å². The zero-order chi connectivity index (χ0) is 13.1. The molecule has 0 aromatic carbocycles. The third-order valence-corrected chi connectivity index (χ3v) is 3.41. The fraction of sp³-hybridized carbons (Fsp3) is 0.833. The molecular formula is C12H22N2O2S. The van der Waals surface area contributed by atoms with Crippen molar-refractivity contribution < 1.29 is 9.59 Å². The maximum absolute atomic E-state index is 11.6. The van der Waals surface area contributed by atoms with Crippen molar-refractivity contribution in [1.29, 1.82) is 0 Å². The van der Waals surface area contributed by atoms with E-state index >= 15 is 0 Å². The van der Waals surface area contributed by atoms with Crippen molar-refractivity contribution in [2.45, 2.75) is 39.7 Å². The third-order valence-electron chi connectivity index (χ3n) is 2.54. The number of nitrogens with zero attached hydrogens (tertiary/aromatic N) is 1. The summed E-state index contributed by atoms with van der Waals surface area (Å²) in [5, 5.41) is 3.29. The van der Waals surface area contributed by atoms with E-state index in [0.29, 0.717) is 18.7 Å². The topological polar surface area (TPSA) is 49.4 Å². The van der Waals surface area contributed by atoms with Crippen LogP contribution in [0.4, 0.5) is 4.79 Å². The average molecular weight is 258 g/mol. The molecule has 1 aliphatic heterocycles. The summed E-state index contributed by atoms with van der Waals surface area (Å²) in [4.78, 5) is 24.6. The predicted octanol–water partition coefficient (Wildman–Crippen LogP) is 2.10. The van der Waals surface area contributed by atoms with Crippen LogP contribution in [0.5, 0.6) is 0 Å². The molecule has 5 heteroatoms. The molecule has 1 heterocycles. The molecule has 0 aromatic rings. The molecule has 1 aliphatic rings. The van der Waals surface area contributed by atoms with E-state index in [1.54, 1.807) is 0 Å². The van der Waals surface area contributed by atoms with E-state index < -0.39 is 0 Å². The first-order chi connectivity index (χ1) is 7.79. The maximum atomic E-state index is 11.6. The Bertz CT molecular complexity index is 283. The van der Waals surface area contributed by atoms with E-state index in [2.05, 4.69) is 33.0 Å². The summed E-state index contributed by atoms with van der Waals surface area (Å²) < 4.78 is 0. The molecule has 1 unspecified atom stereocenters. The minimum atomic E-state index is -0.0936. The number of amides is 2. The second kappa shape index (κ2) is 5.87. The Morgan fingerprint density at radius 3 is 2.59 bits per heavy atom. The lowest BCUT2D eigenvalue weighted by Crippen LogP contribution is -2.45. The quantitative estimate of drug-likeness (QED) is 0.839. The molecule has 0 spiro atoms. The van der Waals surface area contributed by atoms with Crippen LogP contribution < -0.4 is 5.32 Å². The highest BCUT2D eigenvalue weighted by atomic mass is 32.2. The van der Waals surface area contributed by atoms with Gasteiger partial charge in [-0.1, -0.05) is 18.7 Å². The highest BCUT2D eigenvalue weighted by Crippen LogP contribution is 2.19. The molecule has 0 aliphatic carbocycles. The number of carbonyl (C=O) groups excluding carboxylic acids is 2. The van der Waals surface area contributed by atoms with Gasteiger partial charge in [-0.25, -0.2) is 0 Å². The normalized spacial score (nSPS) is 19.6. The highest BCUT2D eigenvalue weighted by Gasteiger charge is 2.27. The molecule has 1 atom stereocenters. The molecule has 1 N–H and O–H groups in total. The van der Waals surface area contributed by atoms with Gasteiger partial charge >= 0.3 is 0 Å².